The Kier molecular flexibility index (Phi) is 5.28. The third kappa shape index (κ3) is 3.49. The molecular weight excluding hydrogens is 386 g/mol. The number of imide groups is 1. The Bertz CT molecular complexity index is 771. The van der Waals surface area contributed by atoms with Crippen LogP contribution in [0.1, 0.15) is 32.7 Å². The highest BCUT2D eigenvalue weighted by Gasteiger charge is 2.42. The molecule has 1 aliphatic heterocycles. The van der Waals surface area contributed by atoms with Crippen LogP contribution in [-0.2, 0) is 16.1 Å². The predicted octanol–water partition coefficient (Wildman–Crippen LogP) is 3.18. The maximum Gasteiger partial charge on any atom is 0.329 e. The average molecular weight is 402 g/mol. The molecule has 6 heteroatoms. The quantitative estimate of drug-likeness (QED) is 0.423. The largest absolute Gasteiger partial charge is 0.459 e. The number of rotatable bonds is 6. The molecule has 0 radical (unpaired) electrons. The van der Waals surface area contributed by atoms with Crippen molar-refractivity contribution >= 4 is 33.7 Å². The molecule has 0 aliphatic carbocycles. The van der Waals surface area contributed by atoms with Crippen molar-refractivity contribution in [3.63, 3.8) is 0 Å². The lowest BCUT2D eigenvalue weighted by molar-refractivity contribution is -0.149. The summed E-state index contributed by atoms with van der Waals surface area (Å²) in [5.41, 5.74) is 1.49. The maximum atomic E-state index is 12.6. The molecule has 2 amide bonds. The van der Waals surface area contributed by atoms with E-state index in [4.69, 9.17) is 4.74 Å². The van der Waals surface area contributed by atoms with Crippen LogP contribution < -0.4 is 0 Å². The summed E-state index contributed by atoms with van der Waals surface area (Å²) in [6.07, 6.45) is 0.291. The van der Waals surface area contributed by atoms with E-state index >= 15 is 0 Å². The van der Waals surface area contributed by atoms with Gasteiger partial charge in [-0.3, -0.25) is 14.5 Å². The number of alkyl halides is 1. The lowest BCUT2D eigenvalue weighted by atomic mass is 10.1. The minimum Gasteiger partial charge on any atom is -0.459 e. The summed E-state index contributed by atoms with van der Waals surface area (Å²) < 4.78 is 5.34. The number of halogens is 1. The van der Waals surface area contributed by atoms with E-state index in [1.807, 2.05) is 30.3 Å². The first-order valence-electron chi connectivity index (χ1n) is 7.87. The zero-order chi connectivity index (χ0) is 17.8. The van der Waals surface area contributed by atoms with Crippen LogP contribution in [0.3, 0.4) is 0 Å². The van der Waals surface area contributed by atoms with E-state index in [1.165, 1.54) is 0 Å². The number of hydrogen-bond donors (Lipinski definition) is 0. The first-order chi connectivity index (χ1) is 12.1. The number of amides is 2. The molecule has 0 N–H and O–H groups in total. The molecule has 0 fully saturated rings. The maximum absolute atomic E-state index is 12.6. The van der Waals surface area contributed by atoms with Gasteiger partial charge in [-0.05, 0) is 24.1 Å². The summed E-state index contributed by atoms with van der Waals surface area (Å²) in [6.45, 7) is 0.0988. The highest BCUT2D eigenvalue weighted by molar-refractivity contribution is 9.09. The molecule has 1 atom stereocenters. The highest BCUT2D eigenvalue weighted by atomic mass is 79.9. The molecule has 5 nitrogen and oxygen atoms in total. The van der Waals surface area contributed by atoms with Crippen molar-refractivity contribution in [1.29, 1.82) is 0 Å². The Hall–Kier alpha value is -2.47. The van der Waals surface area contributed by atoms with Gasteiger partial charge in [0.15, 0.2) is 0 Å². The van der Waals surface area contributed by atoms with Gasteiger partial charge < -0.3 is 4.74 Å². The van der Waals surface area contributed by atoms with Crippen LogP contribution >= 0.6 is 15.9 Å². The number of carbonyl (C=O) groups excluding carboxylic acids is 3. The van der Waals surface area contributed by atoms with Gasteiger partial charge in [0.05, 0.1) is 11.1 Å². The van der Waals surface area contributed by atoms with E-state index in [9.17, 15) is 14.4 Å². The van der Waals surface area contributed by atoms with Crippen LogP contribution in [0.2, 0.25) is 0 Å². The molecule has 1 aliphatic rings. The van der Waals surface area contributed by atoms with Gasteiger partial charge in [-0.1, -0.05) is 58.4 Å². The second kappa shape index (κ2) is 7.61. The Morgan fingerprint density at radius 2 is 1.52 bits per heavy atom. The fraction of sp³-hybridized carbons (Fsp3) is 0.211. The number of ether oxygens (including phenoxy) is 1. The van der Waals surface area contributed by atoms with Crippen LogP contribution in [0.15, 0.2) is 54.6 Å². The van der Waals surface area contributed by atoms with Crippen LogP contribution in [0.25, 0.3) is 0 Å². The molecule has 128 valence electrons. The standard InChI is InChI=1S/C19H16BrNO4/c20-11-10-16(19(24)25-12-13-6-2-1-3-7-13)21-17(22)14-8-4-5-9-15(14)18(21)23/h1-9,16H,10-12H2/t16-/m0/s1. The smallest absolute Gasteiger partial charge is 0.329 e. The van der Waals surface area contributed by atoms with Crippen LogP contribution in [-0.4, -0.2) is 34.1 Å². The van der Waals surface area contributed by atoms with Gasteiger partial charge >= 0.3 is 5.97 Å². The Balaban J connectivity index is 1.78. The van der Waals surface area contributed by atoms with Crippen LogP contribution in [0, 0.1) is 0 Å². The molecule has 3 rings (SSSR count). The Morgan fingerprint density at radius 1 is 0.960 bits per heavy atom. The van der Waals surface area contributed by atoms with Crippen molar-refractivity contribution in [2.24, 2.45) is 0 Å². The molecule has 0 bridgehead atoms. The molecule has 0 aromatic heterocycles. The summed E-state index contributed by atoms with van der Waals surface area (Å²) in [4.78, 5) is 38.7. The van der Waals surface area contributed by atoms with Crippen molar-refractivity contribution < 1.29 is 19.1 Å². The minimum absolute atomic E-state index is 0.0988. The van der Waals surface area contributed by atoms with E-state index in [0.717, 1.165) is 10.5 Å². The van der Waals surface area contributed by atoms with Crippen LogP contribution in [0.4, 0.5) is 0 Å². The lowest BCUT2D eigenvalue weighted by Gasteiger charge is -2.24. The predicted molar refractivity (Wildman–Crippen MR) is 95.4 cm³/mol. The Labute approximate surface area is 153 Å². The first-order valence-corrected chi connectivity index (χ1v) is 8.99. The van der Waals surface area contributed by atoms with Crippen molar-refractivity contribution in [1.82, 2.24) is 4.90 Å². The second-order valence-corrected chi connectivity index (χ2v) is 6.41. The van der Waals surface area contributed by atoms with E-state index in [1.54, 1.807) is 24.3 Å². The minimum atomic E-state index is -0.949. The zero-order valence-corrected chi connectivity index (χ0v) is 14.9. The normalized spacial score (nSPS) is 14.4. The highest BCUT2D eigenvalue weighted by Crippen LogP contribution is 2.26. The number of esters is 1. The van der Waals surface area contributed by atoms with E-state index in [2.05, 4.69) is 15.9 Å². The van der Waals surface area contributed by atoms with Gasteiger partial charge in [0.1, 0.15) is 12.6 Å². The summed E-state index contributed by atoms with van der Waals surface area (Å²) in [5.74, 6) is -1.50. The van der Waals surface area contributed by atoms with E-state index < -0.39 is 23.8 Å². The molecule has 0 spiro atoms. The van der Waals surface area contributed by atoms with Crippen LogP contribution in [0.5, 0.6) is 0 Å². The van der Waals surface area contributed by atoms with Crippen molar-refractivity contribution in [2.75, 3.05) is 5.33 Å². The number of carbonyl (C=O) groups is 3. The number of fused-ring (bicyclic) bond motifs is 1. The number of nitrogens with zero attached hydrogens (tertiary/aromatic N) is 1. The summed E-state index contributed by atoms with van der Waals surface area (Å²) in [5, 5.41) is 0.464. The molecule has 25 heavy (non-hydrogen) atoms. The van der Waals surface area contributed by atoms with Gasteiger partial charge in [0.25, 0.3) is 11.8 Å². The third-order valence-electron chi connectivity index (χ3n) is 4.02. The SMILES string of the molecule is O=C(OCc1ccccc1)[C@H](CCBr)N1C(=O)c2ccccc2C1=O. The average Bonchev–Trinajstić information content (AvgIpc) is 2.90. The fourth-order valence-electron chi connectivity index (χ4n) is 2.77. The first kappa shape index (κ1) is 17.4. The van der Waals surface area contributed by atoms with Gasteiger partial charge in [0.2, 0.25) is 0 Å². The van der Waals surface area contributed by atoms with Crippen molar-refractivity contribution in [2.45, 2.75) is 19.1 Å². The number of hydrogen-bond acceptors (Lipinski definition) is 4. The van der Waals surface area contributed by atoms with Gasteiger partial charge in [0, 0.05) is 5.33 Å². The lowest BCUT2D eigenvalue weighted by Crippen LogP contribution is -2.45. The number of benzene rings is 2. The zero-order valence-electron chi connectivity index (χ0n) is 13.4. The van der Waals surface area contributed by atoms with Gasteiger partial charge in [-0.15, -0.1) is 0 Å². The van der Waals surface area contributed by atoms with Crippen molar-refractivity contribution in [3.8, 4) is 0 Å². The van der Waals surface area contributed by atoms with Gasteiger partial charge in [-0.25, -0.2) is 4.79 Å². The summed E-state index contributed by atoms with van der Waals surface area (Å²) >= 11 is 3.28. The fourth-order valence-corrected chi connectivity index (χ4v) is 3.21. The molecule has 0 saturated heterocycles. The van der Waals surface area contributed by atoms with Crippen molar-refractivity contribution in [3.05, 3.63) is 71.3 Å². The molecule has 0 saturated carbocycles. The molecule has 0 unspecified atom stereocenters. The van der Waals surface area contributed by atoms with Gasteiger partial charge in [-0.2, -0.15) is 0 Å². The Morgan fingerprint density at radius 3 is 2.08 bits per heavy atom. The third-order valence-corrected chi connectivity index (χ3v) is 4.47. The van der Waals surface area contributed by atoms with E-state index in [0.29, 0.717) is 22.9 Å². The molecular formula is C19H16BrNO4. The molecule has 2 aromatic rings. The summed E-state index contributed by atoms with van der Waals surface area (Å²) in [7, 11) is 0. The molecule has 1 heterocycles. The monoisotopic (exact) mass is 401 g/mol. The van der Waals surface area contributed by atoms with E-state index in [-0.39, 0.29) is 6.61 Å². The molecule has 2 aromatic carbocycles. The second-order valence-electron chi connectivity index (χ2n) is 5.61. The topological polar surface area (TPSA) is 63.7 Å². The summed E-state index contributed by atoms with van der Waals surface area (Å²) in [6, 6.07) is 14.9.